The lowest BCUT2D eigenvalue weighted by Gasteiger charge is -2.21. The predicted molar refractivity (Wildman–Crippen MR) is 333 cm³/mol. The number of aromatic nitrogens is 8. The van der Waals surface area contributed by atoms with Gasteiger partial charge >= 0.3 is 23.9 Å². The van der Waals surface area contributed by atoms with Gasteiger partial charge in [0.05, 0.1) is 24.4 Å². The number of hydrogen-bond acceptors (Lipinski definition) is 7. The van der Waals surface area contributed by atoms with Crippen LogP contribution in [0.3, 0.4) is 0 Å². The molecule has 2 aliphatic rings. The molecule has 2 aliphatic heterocycles. The summed E-state index contributed by atoms with van der Waals surface area (Å²) in [4.78, 5) is 77.3. The molecule has 8 aromatic rings. The lowest BCUT2D eigenvalue weighted by atomic mass is 10.0. The van der Waals surface area contributed by atoms with Gasteiger partial charge in [-0.3, -0.25) is 19.2 Å². The second-order valence-electron chi connectivity index (χ2n) is 23.7. The SMILES string of the molecule is Cc1c2[nH]c(c1CCC(=O)O)C=c1[nH]c(c(C)c1CCC(=O)O)=Cc1[nH]c(c(C(C)O)c1C)C=c1[nH]c(c(C(C)OC(C)c3c4[nH]c(c3C)C=c3[nH]c(c(CCC(=O)O)c3C)=Cc3[nH]c(c(C)c3CCC(=O)O)C=c3[nH]c(c(C)c3C(C)O)=C4)c1C)=C2. The number of carboxylic acid groups (broad SMARTS) is 4. The summed E-state index contributed by atoms with van der Waals surface area (Å²) in [6, 6.07) is 0. The van der Waals surface area contributed by atoms with Gasteiger partial charge in [0.15, 0.2) is 0 Å². The molecular weight excluding hydrogens is 1100 g/mol. The summed E-state index contributed by atoms with van der Waals surface area (Å²) >= 11 is 0. The third-order valence-corrected chi connectivity index (χ3v) is 18.0. The number of carbonyl (C=O) groups is 4. The van der Waals surface area contributed by atoms with E-state index >= 15 is 0 Å². The van der Waals surface area contributed by atoms with Gasteiger partial charge in [-0.2, -0.15) is 0 Å². The number of aliphatic hydroxyl groups excluding tert-OH is 2. The summed E-state index contributed by atoms with van der Waals surface area (Å²) < 4.78 is 7.30. The van der Waals surface area contributed by atoms with Gasteiger partial charge in [-0.15, -0.1) is 0 Å². The molecule has 4 atom stereocenters. The van der Waals surface area contributed by atoms with Crippen molar-refractivity contribution in [3.05, 3.63) is 177 Å². The molecule has 0 saturated heterocycles. The molecule has 16 bridgehead atoms. The summed E-state index contributed by atoms with van der Waals surface area (Å²) in [5.41, 5.74) is 19.0. The van der Waals surface area contributed by atoms with E-state index in [1.807, 2.05) is 118 Å². The van der Waals surface area contributed by atoms with Crippen molar-refractivity contribution in [2.24, 2.45) is 0 Å². The van der Waals surface area contributed by atoms with Gasteiger partial charge < -0.3 is 75.2 Å². The van der Waals surface area contributed by atoms with E-state index in [9.17, 15) is 49.8 Å². The first-order chi connectivity index (χ1) is 41.2. The normalized spacial score (nSPS) is 14.0. The molecule has 0 spiro atoms. The van der Waals surface area contributed by atoms with Crippen LogP contribution in [-0.2, 0) is 49.6 Å². The first-order valence-electron chi connectivity index (χ1n) is 29.6. The van der Waals surface area contributed by atoms with Crippen molar-refractivity contribution in [1.82, 2.24) is 39.9 Å². The molecule has 8 aromatic heterocycles. The minimum Gasteiger partial charge on any atom is -0.481 e. The Labute approximate surface area is 501 Å². The maximum Gasteiger partial charge on any atom is 0.303 e. The number of ether oxygens (including phenoxy) is 1. The Morgan fingerprint density at radius 3 is 1.02 bits per heavy atom. The fourth-order valence-corrected chi connectivity index (χ4v) is 13.4. The standard InChI is InChI=1S/C68H78N8O11/c1-29-41(13-17-61(79)80)53-28-56-44(16-20-64(85)86)32(4)48(72-56)24-59-68(36(8)52(76-59)25-58-65(37(9)77)33(5)49(73-58)21-45(29)69-53)40(12)87-39(11)67-35(7)50-22-46-30(2)42(14-18-62(81)82)54(70-46)27-55-43(15-19-63(83)84)31(3)47(71-55)23-57-66(38(10)78)34(6)51(74-57)26-60(67)75-50/h21-28,37-40,69-78H,13-20H2,1-12H3,(H,79,80)(H,81,82)(H,83,84)(H,85,86). The molecule has 14 N–H and O–H groups in total. The van der Waals surface area contributed by atoms with Crippen LogP contribution in [0, 0.1) is 55.4 Å². The van der Waals surface area contributed by atoms with E-state index in [0.29, 0.717) is 44.3 Å². The van der Waals surface area contributed by atoms with E-state index in [1.165, 1.54) is 0 Å². The molecular formula is C68H78N8O11. The molecule has 0 radical (unpaired) electrons. The van der Waals surface area contributed by atoms with E-state index in [1.54, 1.807) is 13.8 Å². The third kappa shape index (κ3) is 11.9. The Morgan fingerprint density at radius 2 is 0.609 bits per heavy atom. The molecule has 4 unspecified atom stereocenters. The average Bonchev–Trinajstić information content (AvgIpc) is 1.72. The van der Waals surface area contributed by atoms with Gasteiger partial charge in [0.2, 0.25) is 0 Å². The number of aliphatic carboxylic acids is 4. The minimum atomic E-state index is -0.940. The predicted octanol–water partition coefficient (Wildman–Crippen LogP) is 5.05. The summed E-state index contributed by atoms with van der Waals surface area (Å²) in [5.74, 6) is -3.74. The Kier molecular flexibility index (Phi) is 16.9. The first-order valence-corrected chi connectivity index (χ1v) is 29.6. The number of fused-ring (bicyclic) bond motifs is 16. The molecule has 19 nitrogen and oxygen atoms in total. The highest BCUT2D eigenvalue weighted by atomic mass is 16.5. The summed E-state index contributed by atoms with van der Waals surface area (Å²) in [6.45, 7) is 23.3. The lowest BCUT2D eigenvalue weighted by molar-refractivity contribution is -0.138. The van der Waals surface area contributed by atoms with Crippen molar-refractivity contribution in [1.29, 1.82) is 0 Å². The molecule has 0 amide bonds. The van der Waals surface area contributed by atoms with Gasteiger partial charge in [-0.25, -0.2) is 0 Å². The van der Waals surface area contributed by atoms with Crippen molar-refractivity contribution < 1.29 is 54.6 Å². The largest absolute Gasteiger partial charge is 0.481 e. The van der Waals surface area contributed by atoms with E-state index in [2.05, 4.69) is 39.9 Å². The van der Waals surface area contributed by atoms with Crippen molar-refractivity contribution in [2.45, 2.75) is 159 Å². The Morgan fingerprint density at radius 1 is 0.322 bits per heavy atom. The van der Waals surface area contributed by atoms with Crippen LogP contribution in [0.4, 0.5) is 0 Å². The average molecular weight is 1180 g/mol. The zero-order valence-electron chi connectivity index (χ0n) is 51.3. The van der Waals surface area contributed by atoms with Crippen LogP contribution in [0.5, 0.6) is 0 Å². The van der Waals surface area contributed by atoms with Gasteiger partial charge in [-0.1, -0.05) is 0 Å². The number of hydrogen-bond donors (Lipinski definition) is 14. The molecule has 0 fully saturated rings. The summed E-state index contributed by atoms with van der Waals surface area (Å²) in [5, 5.41) is 68.1. The van der Waals surface area contributed by atoms with Gasteiger partial charge in [-0.05, 0) is 224 Å². The molecule has 456 valence electrons. The number of aliphatic hydroxyl groups is 2. The van der Waals surface area contributed by atoms with Crippen LogP contribution >= 0.6 is 0 Å². The summed E-state index contributed by atoms with van der Waals surface area (Å²) in [6.07, 6.45) is 13.5. The van der Waals surface area contributed by atoms with E-state index in [4.69, 9.17) is 4.74 Å². The van der Waals surface area contributed by atoms with Crippen molar-refractivity contribution >= 4 is 72.5 Å². The topological polar surface area (TPSA) is 325 Å². The Balaban J connectivity index is 1.18. The highest BCUT2D eigenvalue weighted by molar-refractivity contribution is 5.72. The highest BCUT2D eigenvalue weighted by Gasteiger charge is 2.27. The zero-order chi connectivity index (χ0) is 62.8. The molecule has 0 aromatic carbocycles. The Bertz CT molecular complexity index is 4670. The summed E-state index contributed by atoms with van der Waals surface area (Å²) in [7, 11) is 0. The van der Waals surface area contributed by atoms with Crippen LogP contribution in [0.15, 0.2) is 0 Å². The highest BCUT2D eigenvalue weighted by Crippen LogP contribution is 2.34. The number of nitrogens with one attached hydrogen (secondary N) is 8. The quantitative estimate of drug-likeness (QED) is 0.0539. The fourth-order valence-electron chi connectivity index (χ4n) is 13.4. The number of H-pyrrole nitrogens is 8. The number of carboxylic acids is 4. The van der Waals surface area contributed by atoms with Crippen molar-refractivity contribution in [2.75, 3.05) is 0 Å². The lowest BCUT2D eigenvalue weighted by Crippen LogP contribution is -2.17. The molecule has 0 aliphatic carbocycles. The molecule has 10 heterocycles. The van der Waals surface area contributed by atoms with E-state index in [0.717, 1.165) is 133 Å². The Hall–Kier alpha value is -9.04. The monoisotopic (exact) mass is 1180 g/mol. The second-order valence-corrected chi connectivity index (χ2v) is 23.7. The van der Waals surface area contributed by atoms with Crippen molar-refractivity contribution in [3.8, 4) is 0 Å². The van der Waals surface area contributed by atoms with Crippen LogP contribution < -0.4 is 42.8 Å². The smallest absolute Gasteiger partial charge is 0.303 e. The van der Waals surface area contributed by atoms with E-state index < -0.39 is 48.3 Å². The molecule has 0 saturated carbocycles. The van der Waals surface area contributed by atoms with Gasteiger partial charge in [0.25, 0.3) is 0 Å². The van der Waals surface area contributed by atoms with E-state index in [-0.39, 0.29) is 51.4 Å². The van der Waals surface area contributed by atoms with Gasteiger partial charge in [0, 0.05) is 136 Å². The minimum absolute atomic E-state index is 0.0990. The fraction of sp³-hybridized carbons (Fsp3) is 0.353. The maximum absolute atomic E-state index is 12.2. The van der Waals surface area contributed by atoms with Gasteiger partial charge in [0.1, 0.15) is 0 Å². The molecule has 87 heavy (non-hydrogen) atoms. The molecule has 19 heteroatoms. The van der Waals surface area contributed by atoms with Crippen molar-refractivity contribution in [3.63, 3.8) is 0 Å². The third-order valence-electron chi connectivity index (χ3n) is 18.0. The second kappa shape index (κ2) is 24.0. The van der Waals surface area contributed by atoms with Crippen LogP contribution in [0.1, 0.15) is 212 Å². The number of rotatable bonds is 18. The molecule has 10 rings (SSSR count). The maximum atomic E-state index is 12.2. The number of aromatic amines is 8. The van der Waals surface area contributed by atoms with Crippen LogP contribution in [0.2, 0.25) is 0 Å². The van der Waals surface area contributed by atoms with Crippen LogP contribution in [-0.4, -0.2) is 94.4 Å². The zero-order valence-corrected chi connectivity index (χ0v) is 51.3. The van der Waals surface area contributed by atoms with Crippen LogP contribution in [0.25, 0.3) is 48.6 Å². The first kappa shape index (κ1) is 61.1.